The van der Waals surface area contributed by atoms with Gasteiger partial charge in [-0.2, -0.15) is 0 Å². The summed E-state index contributed by atoms with van der Waals surface area (Å²) in [6.07, 6.45) is 2.04. The topological polar surface area (TPSA) is 52.6 Å². The van der Waals surface area contributed by atoms with Crippen LogP contribution in [-0.4, -0.2) is 27.7 Å². The van der Waals surface area contributed by atoms with Crippen molar-refractivity contribution < 1.29 is 17.9 Å². The van der Waals surface area contributed by atoms with Crippen LogP contribution in [0, 0.1) is 6.92 Å². The van der Waals surface area contributed by atoms with E-state index in [1.807, 2.05) is 19.1 Å². The summed E-state index contributed by atoms with van der Waals surface area (Å²) in [5, 5.41) is 0. The van der Waals surface area contributed by atoms with Crippen LogP contribution < -0.4 is 0 Å². The van der Waals surface area contributed by atoms with Crippen molar-refractivity contribution in [2.24, 2.45) is 0 Å². The fraction of sp³-hybridized carbons (Fsp3) is 0.467. The summed E-state index contributed by atoms with van der Waals surface area (Å²) < 4.78 is 36.6. The maximum Gasteiger partial charge on any atom is 0.206 e. The molecule has 0 aliphatic carbocycles. The van der Waals surface area contributed by atoms with E-state index in [0.717, 1.165) is 18.4 Å². The van der Waals surface area contributed by atoms with Crippen molar-refractivity contribution in [1.29, 1.82) is 0 Å². The molecule has 1 aromatic carbocycles. The molecule has 0 aromatic heterocycles. The summed E-state index contributed by atoms with van der Waals surface area (Å²) in [4.78, 5) is 0.729. The fourth-order valence-corrected chi connectivity index (χ4v) is 4.23. The highest BCUT2D eigenvalue weighted by Gasteiger charge is 2.35. The van der Waals surface area contributed by atoms with Crippen LogP contribution in [0.1, 0.15) is 24.8 Å². The van der Waals surface area contributed by atoms with Crippen molar-refractivity contribution in [2.75, 3.05) is 13.2 Å². The van der Waals surface area contributed by atoms with Crippen LogP contribution in [0.5, 0.6) is 0 Å². The molecule has 0 saturated carbocycles. The molecule has 1 aromatic rings. The van der Waals surface area contributed by atoms with Gasteiger partial charge < -0.3 is 9.47 Å². The first-order valence-electron chi connectivity index (χ1n) is 6.88. The van der Waals surface area contributed by atoms with Gasteiger partial charge in [0.05, 0.1) is 16.4 Å². The summed E-state index contributed by atoms with van der Waals surface area (Å²) in [5.41, 5.74) is 1.04. The predicted molar refractivity (Wildman–Crippen MR) is 74.9 cm³/mol. The van der Waals surface area contributed by atoms with Crippen LogP contribution in [0.25, 0.3) is 0 Å². The molecule has 2 heterocycles. The van der Waals surface area contributed by atoms with Crippen LogP contribution >= 0.6 is 0 Å². The van der Waals surface area contributed by atoms with Crippen LogP contribution in [0.2, 0.25) is 0 Å². The molecular formula is C15H18O4S. The molecule has 108 valence electrons. The SMILES string of the molecule is Cc1ccc(S(=O)(=O)C2=C(C3CCCO3)OCC2)cc1. The van der Waals surface area contributed by atoms with E-state index < -0.39 is 9.84 Å². The Morgan fingerprint density at radius 2 is 1.90 bits per heavy atom. The van der Waals surface area contributed by atoms with Gasteiger partial charge in [0.1, 0.15) is 11.9 Å². The van der Waals surface area contributed by atoms with Crippen LogP contribution in [0.15, 0.2) is 39.8 Å². The normalized spacial score (nSPS) is 23.1. The zero-order valence-corrected chi connectivity index (χ0v) is 12.3. The molecule has 20 heavy (non-hydrogen) atoms. The van der Waals surface area contributed by atoms with Crippen molar-refractivity contribution in [2.45, 2.75) is 37.2 Å². The lowest BCUT2D eigenvalue weighted by molar-refractivity contribution is 0.0816. The van der Waals surface area contributed by atoms with Gasteiger partial charge in [0, 0.05) is 13.0 Å². The van der Waals surface area contributed by atoms with Gasteiger partial charge in [0.25, 0.3) is 0 Å². The first kappa shape index (κ1) is 13.6. The van der Waals surface area contributed by atoms with Gasteiger partial charge in [-0.15, -0.1) is 0 Å². The third kappa shape index (κ3) is 2.36. The monoisotopic (exact) mass is 294 g/mol. The third-order valence-electron chi connectivity index (χ3n) is 3.74. The summed E-state index contributed by atoms with van der Waals surface area (Å²) in [7, 11) is -3.47. The summed E-state index contributed by atoms with van der Waals surface area (Å²) in [6.45, 7) is 3.04. The quantitative estimate of drug-likeness (QED) is 0.860. The van der Waals surface area contributed by atoms with Gasteiger partial charge in [-0.05, 0) is 31.9 Å². The molecule has 0 N–H and O–H groups in total. The number of aryl methyl sites for hydroxylation is 1. The molecule has 1 unspecified atom stereocenters. The number of sulfone groups is 1. The second-order valence-electron chi connectivity index (χ2n) is 5.20. The lowest BCUT2D eigenvalue weighted by Crippen LogP contribution is -2.14. The largest absolute Gasteiger partial charge is 0.494 e. The molecule has 2 aliphatic rings. The number of ether oxygens (including phenoxy) is 2. The second kappa shape index (κ2) is 5.22. The van der Waals surface area contributed by atoms with Crippen LogP contribution in [0.4, 0.5) is 0 Å². The highest BCUT2D eigenvalue weighted by molar-refractivity contribution is 7.95. The smallest absolute Gasteiger partial charge is 0.206 e. The van der Waals surface area contributed by atoms with E-state index in [9.17, 15) is 8.42 Å². The highest BCUT2D eigenvalue weighted by atomic mass is 32.2. The molecule has 0 amide bonds. The average molecular weight is 294 g/mol. The lowest BCUT2D eigenvalue weighted by atomic mass is 10.2. The highest BCUT2D eigenvalue weighted by Crippen LogP contribution is 2.35. The molecule has 0 spiro atoms. The standard InChI is InChI=1S/C15H18O4S/c1-11-4-6-12(7-5-11)20(16,17)14-8-10-19-15(14)13-3-2-9-18-13/h4-7,13H,2-3,8-10H2,1H3. The van der Waals surface area contributed by atoms with Crippen molar-refractivity contribution >= 4 is 9.84 Å². The van der Waals surface area contributed by atoms with Crippen molar-refractivity contribution in [3.05, 3.63) is 40.5 Å². The second-order valence-corrected chi connectivity index (χ2v) is 7.18. The van der Waals surface area contributed by atoms with Crippen molar-refractivity contribution in [3.63, 3.8) is 0 Å². The Hall–Kier alpha value is -1.33. The fourth-order valence-electron chi connectivity index (χ4n) is 2.64. The minimum Gasteiger partial charge on any atom is -0.494 e. The summed E-state index contributed by atoms with van der Waals surface area (Å²) >= 11 is 0. The maximum atomic E-state index is 12.7. The minimum atomic E-state index is -3.47. The Morgan fingerprint density at radius 1 is 1.15 bits per heavy atom. The molecule has 2 aliphatic heterocycles. The first-order chi connectivity index (χ1) is 9.59. The Bertz CT molecular complexity index is 622. The molecule has 3 rings (SSSR count). The summed E-state index contributed by atoms with van der Waals surface area (Å²) in [5.74, 6) is 0.531. The molecule has 1 saturated heterocycles. The lowest BCUT2D eigenvalue weighted by Gasteiger charge is -2.13. The predicted octanol–water partition coefficient (Wildman–Crippen LogP) is 2.58. The number of rotatable bonds is 3. The molecular weight excluding hydrogens is 276 g/mol. The zero-order chi connectivity index (χ0) is 14.2. The number of benzene rings is 1. The van der Waals surface area contributed by atoms with E-state index in [2.05, 4.69) is 0 Å². The number of hydrogen-bond acceptors (Lipinski definition) is 4. The Balaban J connectivity index is 2.00. The molecule has 4 nitrogen and oxygen atoms in total. The molecule has 0 radical (unpaired) electrons. The Morgan fingerprint density at radius 3 is 2.55 bits per heavy atom. The van der Waals surface area contributed by atoms with E-state index in [1.54, 1.807) is 12.1 Å². The van der Waals surface area contributed by atoms with Gasteiger partial charge in [-0.1, -0.05) is 17.7 Å². The van der Waals surface area contributed by atoms with E-state index in [0.29, 0.717) is 35.2 Å². The van der Waals surface area contributed by atoms with E-state index in [-0.39, 0.29) is 6.10 Å². The van der Waals surface area contributed by atoms with Gasteiger partial charge >= 0.3 is 0 Å². The van der Waals surface area contributed by atoms with Crippen LogP contribution in [-0.2, 0) is 19.3 Å². The van der Waals surface area contributed by atoms with Crippen LogP contribution in [0.3, 0.4) is 0 Å². The molecule has 1 fully saturated rings. The van der Waals surface area contributed by atoms with E-state index in [4.69, 9.17) is 9.47 Å². The number of hydrogen-bond donors (Lipinski definition) is 0. The van der Waals surface area contributed by atoms with E-state index in [1.165, 1.54) is 0 Å². The third-order valence-corrected chi connectivity index (χ3v) is 5.69. The molecule has 1 atom stereocenters. The first-order valence-corrected chi connectivity index (χ1v) is 8.36. The minimum absolute atomic E-state index is 0.187. The summed E-state index contributed by atoms with van der Waals surface area (Å²) in [6, 6.07) is 6.94. The molecule has 0 bridgehead atoms. The van der Waals surface area contributed by atoms with Gasteiger partial charge in [0.2, 0.25) is 9.84 Å². The van der Waals surface area contributed by atoms with E-state index >= 15 is 0 Å². The zero-order valence-electron chi connectivity index (χ0n) is 11.5. The van der Waals surface area contributed by atoms with Crippen molar-refractivity contribution in [1.82, 2.24) is 0 Å². The molecule has 5 heteroatoms. The van der Waals surface area contributed by atoms with Gasteiger partial charge in [0.15, 0.2) is 0 Å². The maximum absolute atomic E-state index is 12.7. The van der Waals surface area contributed by atoms with Gasteiger partial charge in [-0.3, -0.25) is 0 Å². The van der Waals surface area contributed by atoms with Gasteiger partial charge in [-0.25, -0.2) is 8.42 Å². The Labute approximate surface area is 119 Å². The van der Waals surface area contributed by atoms with Crippen molar-refractivity contribution in [3.8, 4) is 0 Å². The average Bonchev–Trinajstić information content (AvgIpc) is 3.10. The Kier molecular flexibility index (Phi) is 3.56.